The zero-order chi connectivity index (χ0) is 7.61. The quantitative estimate of drug-likeness (QED) is 0.526. The fraction of sp³-hybridized carbons (Fsp3) is 0.200. The molecule has 0 radical (unpaired) electrons. The van der Waals surface area contributed by atoms with Gasteiger partial charge in [0.25, 0.3) is 10.1 Å². The fourth-order valence-corrected chi connectivity index (χ4v) is 1.11. The number of dihydropyridines is 1. The fourth-order valence-electron chi connectivity index (χ4n) is 0.611. The lowest BCUT2D eigenvalue weighted by Gasteiger charge is -2.03. The van der Waals surface area contributed by atoms with E-state index in [1.165, 1.54) is 12.3 Å². The van der Waals surface area contributed by atoms with E-state index in [2.05, 4.69) is 5.32 Å². The largest absolute Gasteiger partial charge is 0.386 e. The van der Waals surface area contributed by atoms with E-state index < -0.39 is 10.1 Å². The van der Waals surface area contributed by atoms with E-state index in [1.807, 2.05) is 0 Å². The zero-order valence-corrected chi connectivity index (χ0v) is 5.93. The minimum Gasteiger partial charge on any atom is -0.386 e. The molecule has 0 saturated carbocycles. The number of allylic oxidation sites excluding steroid dienone is 1. The van der Waals surface area contributed by atoms with Crippen molar-refractivity contribution in [3.05, 3.63) is 23.3 Å². The maximum absolute atomic E-state index is 10.4. The summed E-state index contributed by atoms with van der Waals surface area (Å²) in [5.41, 5.74) is 0. The van der Waals surface area contributed by atoms with Gasteiger partial charge in [-0.15, -0.1) is 0 Å². The first-order valence-electron chi connectivity index (χ1n) is 2.68. The Kier molecular flexibility index (Phi) is 1.78. The van der Waals surface area contributed by atoms with Crippen molar-refractivity contribution in [3.8, 4) is 0 Å². The van der Waals surface area contributed by atoms with Crippen LogP contribution in [0.25, 0.3) is 0 Å². The van der Waals surface area contributed by atoms with Crippen LogP contribution in [0.3, 0.4) is 0 Å². The monoisotopic (exact) mass is 161 g/mol. The summed E-state index contributed by atoms with van der Waals surface area (Å²) in [6.45, 7) is 0.596. The average Bonchev–Trinajstić information content (AvgIpc) is 1.88. The van der Waals surface area contributed by atoms with Crippen molar-refractivity contribution >= 4 is 10.1 Å². The molecule has 0 fully saturated rings. The Morgan fingerprint density at radius 3 is 2.60 bits per heavy atom. The lowest BCUT2D eigenvalue weighted by atomic mass is 10.4. The van der Waals surface area contributed by atoms with Crippen molar-refractivity contribution in [2.45, 2.75) is 0 Å². The van der Waals surface area contributed by atoms with Gasteiger partial charge in [0.2, 0.25) is 0 Å². The lowest BCUT2D eigenvalue weighted by Crippen LogP contribution is -2.13. The van der Waals surface area contributed by atoms with Gasteiger partial charge in [-0.3, -0.25) is 4.55 Å². The highest BCUT2D eigenvalue weighted by Gasteiger charge is 2.10. The van der Waals surface area contributed by atoms with E-state index in [0.29, 0.717) is 6.54 Å². The molecule has 2 N–H and O–H groups in total. The van der Waals surface area contributed by atoms with Crippen LogP contribution in [-0.4, -0.2) is 19.5 Å². The smallest absolute Gasteiger partial charge is 0.295 e. The van der Waals surface area contributed by atoms with Crippen LogP contribution in [0.5, 0.6) is 0 Å². The van der Waals surface area contributed by atoms with Gasteiger partial charge in [0.05, 0.1) is 0 Å². The van der Waals surface area contributed by atoms with Crippen LogP contribution in [0.2, 0.25) is 0 Å². The third-order valence-corrected chi connectivity index (χ3v) is 1.91. The van der Waals surface area contributed by atoms with Crippen molar-refractivity contribution in [1.29, 1.82) is 0 Å². The van der Waals surface area contributed by atoms with Crippen molar-refractivity contribution in [3.63, 3.8) is 0 Å². The van der Waals surface area contributed by atoms with Gasteiger partial charge in [-0.25, -0.2) is 0 Å². The van der Waals surface area contributed by atoms with E-state index >= 15 is 0 Å². The Hall–Kier alpha value is -0.810. The number of rotatable bonds is 1. The predicted octanol–water partition coefficient (Wildman–Crippen LogP) is -0.125. The van der Waals surface area contributed by atoms with Crippen LogP contribution in [0.1, 0.15) is 0 Å². The topological polar surface area (TPSA) is 66.4 Å². The van der Waals surface area contributed by atoms with Gasteiger partial charge in [0.15, 0.2) is 0 Å². The molecule has 0 aromatic carbocycles. The average molecular weight is 161 g/mol. The second-order valence-corrected chi connectivity index (χ2v) is 3.25. The second-order valence-electron chi connectivity index (χ2n) is 1.83. The van der Waals surface area contributed by atoms with E-state index in [-0.39, 0.29) is 4.91 Å². The normalized spacial score (nSPS) is 17.9. The summed E-state index contributed by atoms with van der Waals surface area (Å²) in [5, 5.41) is 2.65. The Balaban J connectivity index is 2.94. The minimum atomic E-state index is -4.01. The molecular formula is C5H7NO3S. The molecule has 0 spiro atoms. The number of hydrogen-bond acceptors (Lipinski definition) is 3. The summed E-state index contributed by atoms with van der Waals surface area (Å²) >= 11 is 0. The molecule has 0 amide bonds. The lowest BCUT2D eigenvalue weighted by molar-refractivity contribution is 0.491. The molecule has 0 aromatic rings. The Morgan fingerprint density at radius 2 is 2.30 bits per heavy atom. The van der Waals surface area contributed by atoms with E-state index in [1.54, 1.807) is 6.08 Å². The first kappa shape index (κ1) is 7.30. The van der Waals surface area contributed by atoms with Gasteiger partial charge < -0.3 is 5.32 Å². The van der Waals surface area contributed by atoms with Crippen LogP contribution in [0, 0.1) is 0 Å². The summed E-state index contributed by atoms with van der Waals surface area (Å²) < 4.78 is 29.2. The first-order valence-corrected chi connectivity index (χ1v) is 4.12. The summed E-state index contributed by atoms with van der Waals surface area (Å²) in [6.07, 6.45) is 4.23. The highest BCUT2D eigenvalue weighted by atomic mass is 32.2. The van der Waals surface area contributed by atoms with Gasteiger partial charge in [0.1, 0.15) is 4.91 Å². The molecule has 0 aromatic heterocycles. The molecule has 1 heterocycles. The predicted molar refractivity (Wildman–Crippen MR) is 36.8 cm³/mol. The summed E-state index contributed by atoms with van der Waals surface area (Å²) in [6, 6.07) is 0. The van der Waals surface area contributed by atoms with Crippen LogP contribution >= 0.6 is 0 Å². The molecule has 0 atom stereocenters. The number of hydrogen-bond donors (Lipinski definition) is 2. The molecule has 0 unspecified atom stereocenters. The molecule has 0 bridgehead atoms. The third kappa shape index (κ3) is 1.58. The Bertz CT molecular complexity index is 275. The van der Waals surface area contributed by atoms with E-state index in [4.69, 9.17) is 4.55 Å². The van der Waals surface area contributed by atoms with Crippen LogP contribution in [-0.2, 0) is 10.1 Å². The molecule has 4 nitrogen and oxygen atoms in total. The highest BCUT2D eigenvalue weighted by molar-refractivity contribution is 7.90. The van der Waals surface area contributed by atoms with Crippen molar-refractivity contribution in [2.75, 3.05) is 6.54 Å². The summed E-state index contributed by atoms with van der Waals surface area (Å²) in [4.78, 5) is -0.0984. The van der Waals surface area contributed by atoms with Gasteiger partial charge >= 0.3 is 0 Å². The van der Waals surface area contributed by atoms with E-state index in [0.717, 1.165) is 0 Å². The molecule has 1 aliphatic heterocycles. The third-order valence-electron chi connectivity index (χ3n) is 1.06. The van der Waals surface area contributed by atoms with Gasteiger partial charge in [-0.2, -0.15) is 8.42 Å². The van der Waals surface area contributed by atoms with Crippen LogP contribution < -0.4 is 5.32 Å². The Labute approximate surface area is 59.0 Å². The molecule has 5 heteroatoms. The van der Waals surface area contributed by atoms with Gasteiger partial charge in [-0.1, -0.05) is 6.08 Å². The second kappa shape index (κ2) is 2.43. The standard InChI is InChI=1S/C5H7NO3S/c7-10(8,9)5-2-1-3-6-4-5/h1-2,4,6H,3H2,(H,7,8,9). The van der Waals surface area contributed by atoms with Crippen molar-refractivity contribution < 1.29 is 13.0 Å². The first-order chi connectivity index (χ1) is 4.61. The molecule has 56 valence electrons. The Morgan fingerprint density at radius 1 is 1.60 bits per heavy atom. The zero-order valence-electron chi connectivity index (χ0n) is 5.11. The van der Waals surface area contributed by atoms with Crippen LogP contribution in [0.4, 0.5) is 0 Å². The molecule has 0 saturated heterocycles. The SMILES string of the molecule is O=S(=O)(O)C1=CNCC=C1. The molecule has 0 aliphatic carbocycles. The maximum Gasteiger partial charge on any atom is 0.295 e. The molecule has 1 aliphatic rings. The molecule has 10 heavy (non-hydrogen) atoms. The summed E-state index contributed by atoms with van der Waals surface area (Å²) in [7, 11) is -4.01. The van der Waals surface area contributed by atoms with Crippen LogP contribution in [0.15, 0.2) is 23.3 Å². The minimum absolute atomic E-state index is 0.0984. The summed E-state index contributed by atoms with van der Waals surface area (Å²) in [5.74, 6) is 0. The van der Waals surface area contributed by atoms with Crippen molar-refractivity contribution in [1.82, 2.24) is 5.32 Å². The van der Waals surface area contributed by atoms with E-state index in [9.17, 15) is 8.42 Å². The molecular weight excluding hydrogens is 154 g/mol. The van der Waals surface area contributed by atoms with Gasteiger partial charge in [-0.05, 0) is 6.08 Å². The molecule has 1 rings (SSSR count). The highest BCUT2D eigenvalue weighted by Crippen LogP contribution is 2.06. The number of nitrogens with one attached hydrogen (secondary N) is 1. The van der Waals surface area contributed by atoms with Gasteiger partial charge in [0, 0.05) is 12.7 Å². The maximum atomic E-state index is 10.4. The van der Waals surface area contributed by atoms with Crippen molar-refractivity contribution in [2.24, 2.45) is 0 Å².